The average Bonchev–Trinajstić information content (AvgIpc) is 2.90. The van der Waals surface area contributed by atoms with Crippen LogP contribution in [0.2, 0.25) is 0 Å². The second-order valence-electron chi connectivity index (χ2n) is 3.44. The maximum Gasteiger partial charge on any atom is 0.411 e. The smallest absolute Gasteiger partial charge is 0.411 e. The maximum absolute atomic E-state index is 11.0. The molecule has 0 bridgehead atoms. The molecule has 0 saturated heterocycles. The lowest BCUT2D eigenvalue weighted by Crippen LogP contribution is -2.09. The molecular formula is C11H9NO6S. The highest BCUT2D eigenvalue weighted by Gasteiger charge is 2.25. The zero-order valence-electron chi connectivity index (χ0n) is 9.67. The van der Waals surface area contributed by atoms with Gasteiger partial charge in [0.15, 0.2) is 5.76 Å². The number of amides is 1. The van der Waals surface area contributed by atoms with Crippen molar-refractivity contribution in [1.29, 1.82) is 0 Å². The topological polar surface area (TPSA) is 109 Å². The molecule has 7 nitrogen and oxygen atoms in total. The minimum atomic E-state index is -1.40. The lowest BCUT2D eigenvalue weighted by molar-refractivity contribution is -0.132. The Kier molecular flexibility index (Phi) is 3.43. The quantitative estimate of drug-likeness (QED) is 0.747. The summed E-state index contributed by atoms with van der Waals surface area (Å²) in [4.78, 5) is 22.1. The number of thiophene rings is 1. The Morgan fingerprint density at radius 3 is 2.74 bits per heavy atom. The van der Waals surface area contributed by atoms with Crippen molar-refractivity contribution in [1.82, 2.24) is 0 Å². The van der Waals surface area contributed by atoms with E-state index in [1.54, 1.807) is 17.5 Å². The molecule has 1 amide bonds. The van der Waals surface area contributed by atoms with E-state index in [1.165, 1.54) is 11.3 Å². The van der Waals surface area contributed by atoms with Gasteiger partial charge in [-0.25, -0.2) is 4.79 Å². The Morgan fingerprint density at radius 1 is 1.47 bits per heavy atom. The monoisotopic (exact) mass is 283 g/mol. The van der Waals surface area contributed by atoms with Gasteiger partial charge in [0.25, 0.3) is 5.88 Å². The number of ether oxygens (including phenoxy) is 1. The van der Waals surface area contributed by atoms with Crippen LogP contribution in [0.4, 0.5) is 10.7 Å². The van der Waals surface area contributed by atoms with Crippen molar-refractivity contribution in [3.05, 3.63) is 17.5 Å². The van der Waals surface area contributed by atoms with Crippen LogP contribution in [-0.2, 0) is 4.79 Å². The third kappa shape index (κ3) is 2.68. The number of aromatic hydroxyl groups is 1. The normalized spacial score (nSPS) is 10.2. The average molecular weight is 283 g/mol. The highest BCUT2D eigenvalue weighted by Crippen LogP contribution is 2.47. The van der Waals surface area contributed by atoms with Gasteiger partial charge in [-0.3, -0.25) is 10.1 Å². The summed E-state index contributed by atoms with van der Waals surface area (Å²) in [5.74, 6) is -1.79. The number of rotatable bonds is 3. The number of carbonyl (C=O) groups is 2. The van der Waals surface area contributed by atoms with Crippen molar-refractivity contribution in [2.45, 2.75) is 6.92 Å². The van der Waals surface area contributed by atoms with Gasteiger partial charge in [-0.1, -0.05) is 6.07 Å². The largest absolute Gasteiger partial charge is 0.501 e. The number of hydrogen-bond donors (Lipinski definition) is 3. The van der Waals surface area contributed by atoms with E-state index in [0.29, 0.717) is 4.88 Å². The molecule has 0 unspecified atom stereocenters. The molecule has 0 aliphatic heterocycles. The first-order valence-corrected chi connectivity index (χ1v) is 5.95. The van der Waals surface area contributed by atoms with E-state index in [4.69, 9.17) is 14.3 Å². The number of nitrogens with one attached hydrogen (secondary N) is 1. The summed E-state index contributed by atoms with van der Waals surface area (Å²) >= 11 is 1.28. The minimum Gasteiger partial charge on any atom is -0.501 e. The molecule has 2 aromatic heterocycles. The van der Waals surface area contributed by atoms with Gasteiger partial charge in [-0.15, -0.1) is 11.3 Å². The van der Waals surface area contributed by atoms with Crippen LogP contribution in [0.15, 0.2) is 21.9 Å². The van der Waals surface area contributed by atoms with Crippen LogP contribution in [-0.4, -0.2) is 22.3 Å². The molecule has 0 spiro atoms. The van der Waals surface area contributed by atoms with E-state index in [0.717, 1.165) is 6.92 Å². The highest BCUT2D eigenvalue weighted by atomic mass is 32.1. The van der Waals surface area contributed by atoms with E-state index < -0.39 is 17.8 Å². The molecule has 0 aromatic carbocycles. The van der Waals surface area contributed by atoms with Gasteiger partial charge in [0.1, 0.15) is 0 Å². The van der Waals surface area contributed by atoms with Crippen molar-refractivity contribution in [3.63, 3.8) is 0 Å². The van der Waals surface area contributed by atoms with Crippen LogP contribution in [0.3, 0.4) is 0 Å². The Labute approximate surface area is 111 Å². The highest BCUT2D eigenvalue weighted by molar-refractivity contribution is 7.13. The summed E-state index contributed by atoms with van der Waals surface area (Å²) in [6, 6.07) is 3.41. The molecule has 100 valence electrons. The van der Waals surface area contributed by atoms with Crippen LogP contribution < -0.4 is 10.1 Å². The first-order valence-electron chi connectivity index (χ1n) is 5.07. The Bertz CT molecular complexity index is 615. The van der Waals surface area contributed by atoms with Gasteiger partial charge >= 0.3 is 12.1 Å². The summed E-state index contributed by atoms with van der Waals surface area (Å²) < 4.78 is 9.94. The van der Waals surface area contributed by atoms with Gasteiger partial charge in [0.2, 0.25) is 11.5 Å². The number of furan rings is 1. The van der Waals surface area contributed by atoms with Gasteiger partial charge in [-0.2, -0.15) is 0 Å². The molecular weight excluding hydrogens is 274 g/mol. The standard InChI is InChI=1S/C11H9NO6S/c1-5(13)17-9-7(14)8(6-3-2-4-19-6)18-10(9)12-11(15)16/h2-4,12,14H,1H3,(H,15,16). The second kappa shape index (κ2) is 5.02. The molecule has 0 atom stereocenters. The SMILES string of the molecule is CC(=O)Oc1c(NC(=O)O)oc(-c2cccs2)c1O. The summed E-state index contributed by atoms with van der Waals surface area (Å²) in [5, 5.41) is 22.3. The fraction of sp³-hybridized carbons (Fsp3) is 0.0909. The summed E-state index contributed by atoms with van der Waals surface area (Å²) in [7, 11) is 0. The van der Waals surface area contributed by atoms with Crippen LogP contribution in [0, 0.1) is 0 Å². The van der Waals surface area contributed by atoms with Gasteiger partial charge in [0.05, 0.1) is 4.88 Å². The molecule has 2 heterocycles. The molecule has 3 N–H and O–H groups in total. The first kappa shape index (κ1) is 13.0. The fourth-order valence-corrected chi connectivity index (χ4v) is 2.11. The molecule has 0 aliphatic carbocycles. The van der Waals surface area contributed by atoms with Crippen LogP contribution in [0.5, 0.6) is 11.5 Å². The summed E-state index contributed by atoms with van der Waals surface area (Å²) in [5.41, 5.74) is 0. The molecule has 8 heteroatoms. The van der Waals surface area contributed by atoms with E-state index in [-0.39, 0.29) is 17.4 Å². The molecule has 0 fully saturated rings. The molecule has 0 saturated carbocycles. The lowest BCUT2D eigenvalue weighted by atomic mass is 10.3. The van der Waals surface area contributed by atoms with Crippen molar-refractivity contribution in [3.8, 4) is 22.1 Å². The molecule has 2 rings (SSSR count). The number of carboxylic acid groups (broad SMARTS) is 1. The zero-order chi connectivity index (χ0) is 14.0. The van der Waals surface area contributed by atoms with E-state index >= 15 is 0 Å². The molecule has 0 aliphatic rings. The Hall–Kier alpha value is -2.48. The van der Waals surface area contributed by atoms with Crippen molar-refractivity contribution in [2.75, 3.05) is 5.32 Å². The number of hydrogen-bond acceptors (Lipinski definition) is 6. The van der Waals surface area contributed by atoms with Gasteiger partial charge in [0, 0.05) is 6.92 Å². The van der Waals surface area contributed by atoms with E-state index in [9.17, 15) is 14.7 Å². The van der Waals surface area contributed by atoms with Gasteiger partial charge < -0.3 is 19.4 Å². The van der Waals surface area contributed by atoms with Crippen LogP contribution in [0.1, 0.15) is 6.92 Å². The summed E-state index contributed by atoms with van der Waals surface area (Å²) in [6.07, 6.45) is -1.40. The predicted octanol–water partition coefficient (Wildman–Crippen LogP) is 2.73. The summed E-state index contributed by atoms with van der Waals surface area (Å²) in [6.45, 7) is 1.13. The van der Waals surface area contributed by atoms with Crippen molar-refractivity contribution in [2.24, 2.45) is 0 Å². The van der Waals surface area contributed by atoms with Gasteiger partial charge in [-0.05, 0) is 11.4 Å². The number of carbonyl (C=O) groups excluding carboxylic acids is 1. The number of anilines is 1. The lowest BCUT2D eigenvalue weighted by Gasteiger charge is -2.00. The maximum atomic E-state index is 11.0. The molecule has 0 radical (unpaired) electrons. The Morgan fingerprint density at radius 2 is 2.21 bits per heavy atom. The second-order valence-corrected chi connectivity index (χ2v) is 4.39. The molecule has 2 aromatic rings. The van der Waals surface area contributed by atoms with Crippen molar-refractivity contribution < 1.29 is 29.0 Å². The van der Waals surface area contributed by atoms with Crippen LogP contribution in [0.25, 0.3) is 10.6 Å². The van der Waals surface area contributed by atoms with E-state index in [2.05, 4.69) is 0 Å². The minimum absolute atomic E-state index is 0.0370. The molecule has 19 heavy (non-hydrogen) atoms. The zero-order valence-corrected chi connectivity index (χ0v) is 10.5. The fourth-order valence-electron chi connectivity index (χ4n) is 1.40. The predicted molar refractivity (Wildman–Crippen MR) is 66.6 cm³/mol. The third-order valence-corrected chi connectivity index (χ3v) is 2.92. The van der Waals surface area contributed by atoms with Crippen LogP contribution >= 0.6 is 11.3 Å². The van der Waals surface area contributed by atoms with E-state index in [1.807, 2.05) is 5.32 Å². The number of esters is 1. The van der Waals surface area contributed by atoms with Crippen molar-refractivity contribution >= 4 is 29.3 Å². The Balaban J connectivity index is 2.49. The third-order valence-electron chi connectivity index (χ3n) is 2.05. The first-order chi connectivity index (χ1) is 8.99.